The van der Waals surface area contributed by atoms with E-state index in [-0.39, 0.29) is 30.6 Å². The SMILES string of the molecule is C.Cc1ccc(-c2ccc(-c3ccc(OC=C(F)F)c(F)c3)c(F)c2)cc1. The number of benzene rings is 3. The van der Waals surface area contributed by atoms with E-state index in [1.54, 1.807) is 12.1 Å². The van der Waals surface area contributed by atoms with Gasteiger partial charge in [-0.1, -0.05) is 55.5 Å². The van der Waals surface area contributed by atoms with Crippen LogP contribution >= 0.6 is 0 Å². The molecular formula is C22H18F4O. The summed E-state index contributed by atoms with van der Waals surface area (Å²) < 4.78 is 57.1. The molecule has 0 bridgehead atoms. The Morgan fingerprint density at radius 1 is 0.778 bits per heavy atom. The van der Waals surface area contributed by atoms with Gasteiger partial charge in [0.2, 0.25) is 0 Å². The Kier molecular flexibility index (Phi) is 6.40. The van der Waals surface area contributed by atoms with Gasteiger partial charge in [-0.15, -0.1) is 0 Å². The Morgan fingerprint density at radius 3 is 1.96 bits per heavy atom. The maximum absolute atomic E-state index is 14.5. The van der Waals surface area contributed by atoms with Gasteiger partial charge < -0.3 is 4.74 Å². The summed E-state index contributed by atoms with van der Waals surface area (Å²) in [5, 5.41) is 0. The van der Waals surface area contributed by atoms with Crippen molar-refractivity contribution < 1.29 is 22.3 Å². The van der Waals surface area contributed by atoms with Crippen molar-refractivity contribution in [3.63, 3.8) is 0 Å². The molecule has 0 spiro atoms. The van der Waals surface area contributed by atoms with Crippen LogP contribution in [-0.2, 0) is 0 Å². The fourth-order valence-electron chi connectivity index (χ4n) is 2.55. The molecule has 0 unspecified atom stereocenters. The molecule has 140 valence electrons. The third-order valence-electron chi connectivity index (χ3n) is 3.87. The lowest BCUT2D eigenvalue weighted by Crippen LogP contribution is -1.91. The Morgan fingerprint density at radius 2 is 1.37 bits per heavy atom. The zero-order chi connectivity index (χ0) is 18.7. The maximum Gasteiger partial charge on any atom is 0.305 e. The van der Waals surface area contributed by atoms with Crippen LogP contribution in [0.4, 0.5) is 17.6 Å². The second-order valence-electron chi connectivity index (χ2n) is 5.73. The summed E-state index contributed by atoms with van der Waals surface area (Å²) >= 11 is 0. The lowest BCUT2D eigenvalue weighted by atomic mass is 9.99. The first-order chi connectivity index (χ1) is 12.4. The highest BCUT2D eigenvalue weighted by atomic mass is 19.3. The molecule has 0 aliphatic carbocycles. The van der Waals surface area contributed by atoms with Crippen molar-refractivity contribution in [2.24, 2.45) is 0 Å². The standard InChI is InChI=1S/C21H14F4O.CH4/c1-13-2-4-14(5-3-13)15-6-8-17(18(22)10-15)16-7-9-20(19(23)11-16)26-12-21(24)25;/h2-12H,1H3;1H4. The largest absolute Gasteiger partial charge is 0.456 e. The molecule has 0 N–H and O–H groups in total. The third-order valence-corrected chi connectivity index (χ3v) is 3.87. The van der Waals surface area contributed by atoms with E-state index in [4.69, 9.17) is 0 Å². The lowest BCUT2D eigenvalue weighted by Gasteiger charge is -2.09. The molecule has 5 heteroatoms. The predicted molar refractivity (Wildman–Crippen MR) is 99.6 cm³/mol. The molecule has 3 rings (SSSR count). The molecule has 0 atom stereocenters. The molecule has 0 amide bonds. The van der Waals surface area contributed by atoms with E-state index in [0.29, 0.717) is 5.56 Å². The summed E-state index contributed by atoms with van der Waals surface area (Å²) in [5.74, 6) is -1.73. The number of aryl methyl sites for hydroxylation is 1. The fraction of sp³-hybridized carbons (Fsp3) is 0.0909. The minimum absolute atomic E-state index is 0. The molecule has 0 aliphatic heterocycles. The molecule has 3 aromatic rings. The lowest BCUT2D eigenvalue weighted by molar-refractivity contribution is 0.356. The molecule has 27 heavy (non-hydrogen) atoms. The summed E-state index contributed by atoms with van der Waals surface area (Å²) in [6.45, 7) is 1.97. The van der Waals surface area contributed by atoms with Crippen LogP contribution in [0.1, 0.15) is 13.0 Å². The quantitative estimate of drug-likeness (QED) is 0.342. The minimum Gasteiger partial charge on any atom is -0.456 e. The second-order valence-corrected chi connectivity index (χ2v) is 5.73. The van der Waals surface area contributed by atoms with Crippen LogP contribution in [0.3, 0.4) is 0 Å². The minimum atomic E-state index is -2.08. The molecule has 0 aliphatic rings. The van der Waals surface area contributed by atoms with Gasteiger partial charge in [0.15, 0.2) is 17.8 Å². The van der Waals surface area contributed by atoms with Crippen molar-refractivity contribution in [2.45, 2.75) is 14.4 Å². The number of ether oxygens (including phenoxy) is 1. The highest BCUT2D eigenvalue weighted by Gasteiger charge is 2.11. The Labute approximate surface area is 155 Å². The van der Waals surface area contributed by atoms with Crippen molar-refractivity contribution in [2.75, 3.05) is 0 Å². The zero-order valence-corrected chi connectivity index (χ0v) is 13.8. The van der Waals surface area contributed by atoms with Crippen LogP contribution in [-0.4, -0.2) is 0 Å². The smallest absolute Gasteiger partial charge is 0.305 e. The molecule has 0 saturated carbocycles. The van der Waals surface area contributed by atoms with Gasteiger partial charge in [-0.2, -0.15) is 8.78 Å². The monoisotopic (exact) mass is 374 g/mol. The predicted octanol–water partition coefficient (Wildman–Crippen LogP) is 7.36. The Hall–Kier alpha value is -3.08. The molecule has 0 heterocycles. The van der Waals surface area contributed by atoms with E-state index in [0.717, 1.165) is 17.2 Å². The number of halogens is 4. The first-order valence-corrected chi connectivity index (χ1v) is 7.78. The van der Waals surface area contributed by atoms with Gasteiger partial charge in [-0.3, -0.25) is 0 Å². The molecular weight excluding hydrogens is 356 g/mol. The van der Waals surface area contributed by atoms with Crippen LogP contribution in [0.5, 0.6) is 5.75 Å². The van der Waals surface area contributed by atoms with Gasteiger partial charge in [0.05, 0.1) is 0 Å². The van der Waals surface area contributed by atoms with Gasteiger partial charge >= 0.3 is 6.08 Å². The highest BCUT2D eigenvalue weighted by Crippen LogP contribution is 2.31. The number of hydrogen-bond donors (Lipinski definition) is 0. The number of rotatable bonds is 4. The van der Waals surface area contributed by atoms with Crippen LogP contribution in [0, 0.1) is 18.6 Å². The summed E-state index contributed by atoms with van der Waals surface area (Å²) in [7, 11) is 0. The van der Waals surface area contributed by atoms with Crippen molar-refractivity contribution >= 4 is 0 Å². The fourth-order valence-corrected chi connectivity index (χ4v) is 2.55. The normalized spacial score (nSPS) is 10.1. The molecule has 0 fully saturated rings. The number of hydrogen-bond acceptors (Lipinski definition) is 1. The summed E-state index contributed by atoms with van der Waals surface area (Å²) in [5.41, 5.74) is 3.17. The van der Waals surface area contributed by atoms with Crippen LogP contribution in [0.15, 0.2) is 73.0 Å². The van der Waals surface area contributed by atoms with Gasteiger partial charge in [-0.25, -0.2) is 8.78 Å². The van der Waals surface area contributed by atoms with Crippen LogP contribution in [0.2, 0.25) is 0 Å². The third kappa shape index (κ3) is 4.76. The molecule has 0 saturated heterocycles. The highest BCUT2D eigenvalue weighted by molar-refractivity contribution is 5.71. The summed E-state index contributed by atoms with van der Waals surface area (Å²) in [6, 6.07) is 16.0. The van der Waals surface area contributed by atoms with E-state index in [2.05, 4.69) is 4.74 Å². The Balaban J connectivity index is 0.00000261. The van der Waals surface area contributed by atoms with Crippen LogP contribution < -0.4 is 4.74 Å². The average molecular weight is 374 g/mol. The summed E-state index contributed by atoms with van der Waals surface area (Å²) in [4.78, 5) is 0. The molecule has 3 aromatic carbocycles. The van der Waals surface area contributed by atoms with E-state index in [1.165, 1.54) is 18.2 Å². The van der Waals surface area contributed by atoms with Crippen molar-refractivity contribution in [1.82, 2.24) is 0 Å². The van der Waals surface area contributed by atoms with Crippen molar-refractivity contribution in [3.05, 3.63) is 90.2 Å². The van der Waals surface area contributed by atoms with Crippen LogP contribution in [0.25, 0.3) is 22.3 Å². The summed E-state index contributed by atoms with van der Waals surface area (Å²) in [6.07, 6.45) is -1.93. The van der Waals surface area contributed by atoms with Gasteiger partial charge in [0.1, 0.15) is 5.82 Å². The molecule has 0 radical (unpaired) electrons. The van der Waals surface area contributed by atoms with E-state index >= 15 is 0 Å². The maximum atomic E-state index is 14.5. The van der Waals surface area contributed by atoms with E-state index in [9.17, 15) is 17.6 Å². The Bertz CT molecular complexity index is 959. The topological polar surface area (TPSA) is 9.23 Å². The molecule has 1 nitrogen and oxygen atoms in total. The van der Waals surface area contributed by atoms with Crippen molar-refractivity contribution in [3.8, 4) is 28.0 Å². The van der Waals surface area contributed by atoms with E-state index < -0.39 is 17.7 Å². The first kappa shape index (κ1) is 20.2. The van der Waals surface area contributed by atoms with Gasteiger partial charge in [-0.05, 0) is 41.8 Å². The van der Waals surface area contributed by atoms with Gasteiger partial charge in [0, 0.05) is 5.56 Å². The molecule has 0 aromatic heterocycles. The average Bonchev–Trinajstić information content (AvgIpc) is 2.61. The second kappa shape index (κ2) is 8.54. The van der Waals surface area contributed by atoms with Crippen molar-refractivity contribution in [1.29, 1.82) is 0 Å². The first-order valence-electron chi connectivity index (χ1n) is 7.78. The zero-order valence-electron chi connectivity index (χ0n) is 13.8. The van der Waals surface area contributed by atoms with E-state index in [1.807, 2.05) is 31.2 Å². The van der Waals surface area contributed by atoms with Gasteiger partial charge in [0.25, 0.3) is 0 Å².